The van der Waals surface area contributed by atoms with Crippen molar-refractivity contribution in [1.29, 1.82) is 0 Å². The van der Waals surface area contributed by atoms with E-state index >= 15 is 0 Å². The third kappa shape index (κ3) is 3.35. The number of rotatable bonds is 5. The molecule has 0 saturated carbocycles. The fraction of sp³-hybridized carbons (Fsp3) is 0.333. The summed E-state index contributed by atoms with van der Waals surface area (Å²) in [6.45, 7) is 2.51. The predicted octanol–water partition coefficient (Wildman–Crippen LogP) is 0.456. The molecule has 1 atom stereocenters. The van der Waals surface area contributed by atoms with Gasteiger partial charge in [-0.2, -0.15) is 0 Å². The Morgan fingerprint density at radius 2 is 2.32 bits per heavy atom. The van der Waals surface area contributed by atoms with E-state index in [2.05, 4.69) is 26.2 Å². The van der Waals surface area contributed by atoms with Gasteiger partial charge in [-0.15, -0.1) is 5.10 Å². The smallest absolute Gasteiger partial charge is 0.228 e. The van der Waals surface area contributed by atoms with Gasteiger partial charge < -0.3 is 10.6 Å². The normalized spacial score (nSPS) is 12.1. The van der Waals surface area contributed by atoms with E-state index in [4.69, 9.17) is 0 Å². The molecule has 1 amide bonds. The number of anilines is 1. The maximum Gasteiger partial charge on any atom is 0.228 e. The van der Waals surface area contributed by atoms with Crippen LogP contribution in [0.3, 0.4) is 0 Å². The average molecular weight is 260 g/mol. The Morgan fingerprint density at radius 1 is 1.47 bits per heavy atom. The van der Waals surface area contributed by atoms with Crippen molar-refractivity contribution in [2.75, 3.05) is 18.9 Å². The van der Waals surface area contributed by atoms with Crippen molar-refractivity contribution >= 4 is 11.6 Å². The van der Waals surface area contributed by atoms with Crippen LogP contribution in [0.25, 0.3) is 5.69 Å². The number of carbonyl (C=O) groups excluding carboxylic acids is 1. The number of tetrazole rings is 1. The van der Waals surface area contributed by atoms with Gasteiger partial charge in [0.1, 0.15) is 6.33 Å². The molecule has 7 heteroatoms. The molecule has 0 spiro atoms. The van der Waals surface area contributed by atoms with Gasteiger partial charge in [-0.3, -0.25) is 4.79 Å². The summed E-state index contributed by atoms with van der Waals surface area (Å²) in [5, 5.41) is 16.8. The number of nitrogens with one attached hydrogen (secondary N) is 2. The minimum absolute atomic E-state index is 0.0248. The molecule has 1 aromatic carbocycles. The van der Waals surface area contributed by atoms with Crippen molar-refractivity contribution in [1.82, 2.24) is 25.5 Å². The summed E-state index contributed by atoms with van der Waals surface area (Å²) in [7, 11) is 1.82. The third-order valence-corrected chi connectivity index (χ3v) is 2.69. The number of benzene rings is 1. The van der Waals surface area contributed by atoms with Gasteiger partial charge in [0.25, 0.3) is 0 Å². The van der Waals surface area contributed by atoms with Gasteiger partial charge >= 0.3 is 0 Å². The van der Waals surface area contributed by atoms with E-state index in [1.807, 2.05) is 38.2 Å². The van der Waals surface area contributed by atoms with Gasteiger partial charge in [-0.05, 0) is 35.7 Å². The molecule has 0 saturated heterocycles. The van der Waals surface area contributed by atoms with Crippen LogP contribution in [-0.2, 0) is 4.79 Å². The molecular formula is C12H16N6O. The van der Waals surface area contributed by atoms with Crippen molar-refractivity contribution in [3.05, 3.63) is 30.6 Å². The van der Waals surface area contributed by atoms with E-state index in [1.54, 1.807) is 0 Å². The van der Waals surface area contributed by atoms with Crippen molar-refractivity contribution < 1.29 is 4.79 Å². The molecule has 0 fully saturated rings. The lowest BCUT2D eigenvalue weighted by molar-refractivity contribution is -0.119. The Kier molecular flexibility index (Phi) is 4.19. The lowest BCUT2D eigenvalue weighted by Crippen LogP contribution is -2.28. The van der Waals surface area contributed by atoms with E-state index in [-0.39, 0.29) is 11.8 Å². The second kappa shape index (κ2) is 6.05. The van der Waals surface area contributed by atoms with Crippen LogP contribution in [0.2, 0.25) is 0 Å². The number of nitrogens with zero attached hydrogens (tertiary/aromatic N) is 4. The van der Waals surface area contributed by atoms with E-state index < -0.39 is 0 Å². The van der Waals surface area contributed by atoms with Crippen LogP contribution in [0, 0.1) is 5.92 Å². The van der Waals surface area contributed by atoms with Crippen LogP contribution in [0.1, 0.15) is 6.92 Å². The summed E-state index contributed by atoms with van der Waals surface area (Å²) < 4.78 is 1.53. The van der Waals surface area contributed by atoms with Gasteiger partial charge in [0.05, 0.1) is 5.69 Å². The van der Waals surface area contributed by atoms with Gasteiger partial charge in [0.15, 0.2) is 0 Å². The number of hydrogen-bond donors (Lipinski definition) is 2. The third-order valence-electron chi connectivity index (χ3n) is 2.69. The molecule has 100 valence electrons. The zero-order valence-electron chi connectivity index (χ0n) is 10.9. The van der Waals surface area contributed by atoms with Gasteiger partial charge in [-0.1, -0.05) is 13.0 Å². The zero-order chi connectivity index (χ0) is 13.7. The summed E-state index contributed by atoms with van der Waals surface area (Å²) in [4.78, 5) is 11.9. The monoisotopic (exact) mass is 260 g/mol. The molecule has 1 heterocycles. The van der Waals surface area contributed by atoms with Gasteiger partial charge in [0, 0.05) is 18.2 Å². The molecule has 2 aromatic rings. The standard InChI is InChI=1S/C12H16N6O/c1-9(7-13-2)12(19)15-10-4-3-5-11(6-10)18-8-14-16-17-18/h3-6,8-9,13H,7H2,1-2H3,(H,15,19). The zero-order valence-corrected chi connectivity index (χ0v) is 10.9. The summed E-state index contributed by atoms with van der Waals surface area (Å²) in [6.07, 6.45) is 1.50. The lowest BCUT2D eigenvalue weighted by atomic mass is 10.1. The average Bonchev–Trinajstić information content (AvgIpc) is 2.93. The predicted molar refractivity (Wildman–Crippen MR) is 70.9 cm³/mol. The van der Waals surface area contributed by atoms with Crippen LogP contribution in [-0.4, -0.2) is 39.7 Å². The highest BCUT2D eigenvalue weighted by molar-refractivity contribution is 5.92. The van der Waals surface area contributed by atoms with Gasteiger partial charge in [0.2, 0.25) is 5.91 Å². The molecule has 2 N–H and O–H groups in total. The first kappa shape index (κ1) is 13.2. The minimum atomic E-state index is -0.0957. The fourth-order valence-electron chi connectivity index (χ4n) is 1.67. The van der Waals surface area contributed by atoms with E-state index in [9.17, 15) is 4.79 Å². The highest BCUT2D eigenvalue weighted by Gasteiger charge is 2.12. The van der Waals surface area contributed by atoms with Crippen LogP contribution < -0.4 is 10.6 Å². The Morgan fingerprint density at radius 3 is 3.00 bits per heavy atom. The van der Waals surface area contributed by atoms with Gasteiger partial charge in [-0.25, -0.2) is 4.68 Å². The molecule has 0 bridgehead atoms. The topological polar surface area (TPSA) is 84.7 Å². The summed E-state index contributed by atoms with van der Waals surface area (Å²) in [5.41, 5.74) is 1.52. The first-order valence-electron chi connectivity index (χ1n) is 5.99. The first-order chi connectivity index (χ1) is 9.20. The second-order valence-corrected chi connectivity index (χ2v) is 4.25. The Bertz CT molecular complexity index is 539. The number of aromatic nitrogens is 4. The molecule has 0 aliphatic rings. The Labute approximate surface area is 111 Å². The lowest BCUT2D eigenvalue weighted by Gasteiger charge is -2.12. The van der Waals surface area contributed by atoms with Crippen LogP contribution >= 0.6 is 0 Å². The summed E-state index contributed by atoms with van der Waals surface area (Å²) >= 11 is 0. The van der Waals surface area contributed by atoms with Crippen molar-refractivity contribution in [3.8, 4) is 5.69 Å². The van der Waals surface area contributed by atoms with Crippen molar-refractivity contribution in [2.45, 2.75) is 6.92 Å². The van der Waals surface area contributed by atoms with E-state index in [0.29, 0.717) is 6.54 Å². The van der Waals surface area contributed by atoms with Crippen LogP contribution in [0.5, 0.6) is 0 Å². The van der Waals surface area contributed by atoms with Crippen molar-refractivity contribution in [2.24, 2.45) is 5.92 Å². The molecule has 7 nitrogen and oxygen atoms in total. The molecule has 1 aromatic heterocycles. The minimum Gasteiger partial charge on any atom is -0.326 e. The molecule has 0 aliphatic heterocycles. The van der Waals surface area contributed by atoms with E-state index in [0.717, 1.165) is 11.4 Å². The number of amides is 1. The van der Waals surface area contributed by atoms with Crippen LogP contribution in [0.15, 0.2) is 30.6 Å². The molecule has 19 heavy (non-hydrogen) atoms. The molecule has 0 radical (unpaired) electrons. The second-order valence-electron chi connectivity index (χ2n) is 4.25. The fourth-order valence-corrected chi connectivity index (χ4v) is 1.67. The number of carbonyl (C=O) groups is 1. The molecular weight excluding hydrogens is 244 g/mol. The number of hydrogen-bond acceptors (Lipinski definition) is 5. The molecule has 2 rings (SSSR count). The van der Waals surface area contributed by atoms with E-state index in [1.165, 1.54) is 11.0 Å². The maximum absolute atomic E-state index is 11.9. The quantitative estimate of drug-likeness (QED) is 0.815. The highest BCUT2D eigenvalue weighted by atomic mass is 16.1. The Hall–Kier alpha value is -2.28. The highest BCUT2D eigenvalue weighted by Crippen LogP contribution is 2.14. The molecule has 1 unspecified atom stereocenters. The maximum atomic E-state index is 11.9. The summed E-state index contributed by atoms with van der Waals surface area (Å²) in [6, 6.07) is 7.36. The Balaban J connectivity index is 2.09. The SMILES string of the molecule is CNCC(C)C(=O)Nc1cccc(-n2cnnn2)c1. The summed E-state index contributed by atoms with van der Waals surface area (Å²) in [5.74, 6) is -0.120. The molecule has 0 aliphatic carbocycles. The first-order valence-corrected chi connectivity index (χ1v) is 5.99. The van der Waals surface area contributed by atoms with Crippen LogP contribution in [0.4, 0.5) is 5.69 Å². The van der Waals surface area contributed by atoms with Crippen molar-refractivity contribution in [3.63, 3.8) is 0 Å². The largest absolute Gasteiger partial charge is 0.326 e.